The van der Waals surface area contributed by atoms with Crippen LogP contribution < -0.4 is 5.32 Å². The molecular weight excluding hydrogens is 224 g/mol. The number of likely N-dealkylation sites (tertiary alicyclic amines) is 1. The molecule has 3 nitrogen and oxygen atoms in total. The summed E-state index contributed by atoms with van der Waals surface area (Å²) in [5.41, 5.74) is 0. The quantitative estimate of drug-likeness (QED) is 0.756. The van der Waals surface area contributed by atoms with Crippen LogP contribution in [0.1, 0.15) is 46.5 Å². The lowest BCUT2D eigenvalue weighted by atomic mass is 9.87. The number of piperidine rings is 1. The van der Waals surface area contributed by atoms with E-state index in [0.717, 1.165) is 25.3 Å². The topological polar surface area (TPSA) is 32.3 Å². The van der Waals surface area contributed by atoms with Gasteiger partial charge in [-0.25, -0.2) is 0 Å². The highest BCUT2D eigenvalue weighted by Gasteiger charge is 2.26. The minimum Gasteiger partial charge on any atom is -0.307 e. The summed E-state index contributed by atoms with van der Waals surface area (Å²) in [5, 5.41) is 3.45. The van der Waals surface area contributed by atoms with Gasteiger partial charge in [-0.3, -0.25) is 4.79 Å². The van der Waals surface area contributed by atoms with Gasteiger partial charge in [0.2, 0.25) is 0 Å². The van der Waals surface area contributed by atoms with Crippen molar-refractivity contribution in [3.8, 4) is 0 Å². The van der Waals surface area contributed by atoms with Crippen LogP contribution in [0.5, 0.6) is 0 Å². The summed E-state index contributed by atoms with van der Waals surface area (Å²) in [6.07, 6.45) is 4.61. The summed E-state index contributed by atoms with van der Waals surface area (Å²) < 4.78 is 0. The Morgan fingerprint density at radius 3 is 2.44 bits per heavy atom. The number of carbonyl (C=O) groups excluding carboxylic acids is 1. The molecule has 0 aromatic carbocycles. The van der Waals surface area contributed by atoms with Gasteiger partial charge in [-0.2, -0.15) is 0 Å². The van der Waals surface area contributed by atoms with Gasteiger partial charge in [0, 0.05) is 5.92 Å². The Balaban J connectivity index is 2.47. The van der Waals surface area contributed by atoms with E-state index in [2.05, 4.69) is 24.2 Å². The van der Waals surface area contributed by atoms with Gasteiger partial charge >= 0.3 is 0 Å². The van der Waals surface area contributed by atoms with Gasteiger partial charge in [0.25, 0.3) is 0 Å². The Morgan fingerprint density at radius 1 is 1.33 bits per heavy atom. The average molecular weight is 254 g/mol. The van der Waals surface area contributed by atoms with Crippen LogP contribution in [-0.4, -0.2) is 43.4 Å². The molecule has 106 valence electrons. The number of Topliss-reactive ketones (excluding diaryl/α,β-unsaturated/α-hetero) is 1. The Morgan fingerprint density at radius 2 is 1.94 bits per heavy atom. The second kappa shape index (κ2) is 7.90. The molecule has 1 aliphatic rings. The largest absolute Gasteiger partial charge is 0.307 e. The van der Waals surface area contributed by atoms with Gasteiger partial charge in [0.15, 0.2) is 5.78 Å². The van der Waals surface area contributed by atoms with E-state index in [1.165, 1.54) is 25.9 Å². The van der Waals surface area contributed by atoms with Crippen molar-refractivity contribution in [2.24, 2.45) is 11.8 Å². The molecule has 1 heterocycles. The van der Waals surface area contributed by atoms with Crippen molar-refractivity contribution in [3.63, 3.8) is 0 Å². The van der Waals surface area contributed by atoms with E-state index in [9.17, 15) is 4.79 Å². The fraction of sp³-hybridized carbons (Fsp3) is 0.933. The van der Waals surface area contributed by atoms with E-state index in [1.54, 1.807) is 0 Å². The third-order valence-corrected chi connectivity index (χ3v) is 3.96. The van der Waals surface area contributed by atoms with Gasteiger partial charge in [-0.1, -0.05) is 20.8 Å². The van der Waals surface area contributed by atoms with Crippen LogP contribution in [0.15, 0.2) is 0 Å². The molecule has 0 aromatic rings. The van der Waals surface area contributed by atoms with Gasteiger partial charge in [-0.05, 0) is 58.3 Å². The zero-order valence-electron chi connectivity index (χ0n) is 12.5. The molecule has 18 heavy (non-hydrogen) atoms. The molecule has 3 heteroatoms. The highest BCUT2D eigenvalue weighted by atomic mass is 16.1. The first-order valence-corrected chi connectivity index (χ1v) is 7.50. The summed E-state index contributed by atoms with van der Waals surface area (Å²) >= 11 is 0. The molecule has 1 saturated heterocycles. The number of rotatable bonds is 7. The Kier molecular flexibility index (Phi) is 6.87. The SMILES string of the molecule is CCCNC(CC1CCN(C)CC1)C(=O)C(C)C. The Hall–Kier alpha value is -0.410. The van der Waals surface area contributed by atoms with E-state index < -0.39 is 0 Å². The van der Waals surface area contributed by atoms with Crippen molar-refractivity contribution in [2.45, 2.75) is 52.5 Å². The first-order valence-electron chi connectivity index (χ1n) is 7.50. The van der Waals surface area contributed by atoms with Crippen LogP contribution in [0, 0.1) is 11.8 Å². The van der Waals surface area contributed by atoms with Crippen LogP contribution >= 0.6 is 0 Å². The predicted molar refractivity (Wildman–Crippen MR) is 76.8 cm³/mol. The van der Waals surface area contributed by atoms with Crippen molar-refractivity contribution in [1.82, 2.24) is 10.2 Å². The Labute approximate surface area is 112 Å². The van der Waals surface area contributed by atoms with E-state index in [0.29, 0.717) is 5.78 Å². The lowest BCUT2D eigenvalue weighted by molar-refractivity contribution is -0.124. The molecule has 1 rings (SSSR count). The van der Waals surface area contributed by atoms with Crippen LogP contribution in [0.2, 0.25) is 0 Å². The minimum absolute atomic E-state index is 0.0818. The van der Waals surface area contributed by atoms with Crippen molar-refractivity contribution in [3.05, 3.63) is 0 Å². The summed E-state index contributed by atoms with van der Waals surface area (Å²) in [4.78, 5) is 14.6. The van der Waals surface area contributed by atoms with Crippen molar-refractivity contribution < 1.29 is 4.79 Å². The highest BCUT2D eigenvalue weighted by Crippen LogP contribution is 2.22. The second-order valence-corrected chi connectivity index (χ2v) is 6.05. The number of ketones is 1. The summed E-state index contributed by atoms with van der Waals surface area (Å²) in [7, 11) is 2.18. The normalized spacial score (nSPS) is 20.3. The van der Waals surface area contributed by atoms with E-state index >= 15 is 0 Å². The molecule has 1 fully saturated rings. The van der Waals surface area contributed by atoms with Crippen molar-refractivity contribution in [1.29, 1.82) is 0 Å². The predicted octanol–water partition coefficient (Wildman–Crippen LogP) is 2.31. The summed E-state index contributed by atoms with van der Waals surface area (Å²) in [6.45, 7) is 9.49. The number of hydrogen-bond donors (Lipinski definition) is 1. The van der Waals surface area contributed by atoms with Crippen LogP contribution in [-0.2, 0) is 4.79 Å². The number of nitrogens with zero attached hydrogens (tertiary/aromatic N) is 1. The van der Waals surface area contributed by atoms with Crippen LogP contribution in [0.4, 0.5) is 0 Å². The summed E-state index contributed by atoms with van der Waals surface area (Å²) in [6, 6.07) is 0.0818. The molecule has 0 bridgehead atoms. The molecule has 0 aliphatic carbocycles. The zero-order valence-corrected chi connectivity index (χ0v) is 12.5. The smallest absolute Gasteiger partial charge is 0.152 e. The molecule has 0 aromatic heterocycles. The second-order valence-electron chi connectivity index (χ2n) is 6.05. The standard InChI is InChI=1S/C15H30N2O/c1-5-8-16-14(15(18)12(2)3)11-13-6-9-17(4)10-7-13/h12-14,16H,5-11H2,1-4H3. The van der Waals surface area contributed by atoms with Crippen LogP contribution in [0.25, 0.3) is 0 Å². The first-order chi connectivity index (χ1) is 8.54. The number of nitrogens with one attached hydrogen (secondary N) is 1. The number of hydrogen-bond acceptors (Lipinski definition) is 3. The van der Waals surface area contributed by atoms with Gasteiger partial charge < -0.3 is 10.2 Å². The third-order valence-electron chi connectivity index (χ3n) is 3.96. The van der Waals surface area contributed by atoms with E-state index in [-0.39, 0.29) is 12.0 Å². The lowest BCUT2D eigenvalue weighted by Crippen LogP contribution is -2.42. The van der Waals surface area contributed by atoms with Gasteiger partial charge in [0.05, 0.1) is 6.04 Å². The average Bonchev–Trinajstić information content (AvgIpc) is 2.35. The highest BCUT2D eigenvalue weighted by molar-refractivity contribution is 5.85. The Bertz CT molecular complexity index is 245. The van der Waals surface area contributed by atoms with Crippen LogP contribution in [0.3, 0.4) is 0 Å². The van der Waals surface area contributed by atoms with E-state index in [1.807, 2.05) is 13.8 Å². The van der Waals surface area contributed by atoms with Crippen molar-refractivity contribution in [2.75, 3.05) is 26.7 Å². The molecule has 1 aliphatic heterocycles. The number of carbonyl (C=O) groups is 1. The molecular formula is C15H30N2O. The maximum Gasteiger partial charge on any atom is 0.152 e. The fourth-order valence-electron chi connectivity index (χ4n) is 2.65. The van der Waals surface area contributed by atoms with E-state index in [4.69, 9.17) is 0 Å². The van der Waals surface area contributed by atoms with Gasteiger partial charge in [-0.15, -0.1) is 0 Å². The molecule has 1 unspecified atom stereocenters. The fourth-order valence-corrected chi connectivity index (χ4v) is 2.65. The minimum atomic E-state index is 0.0818. The monoisotopic (exact) mass is 254 g/mol. The van der Waals surface area contributed by atoms with Gasteiger partial charge in [0.1, 0.15) is 0 Å². The zero-order chi connectivity index (χ0) is 13.5. The lowest BCUT2D eigenvalue weighted by Gasteiger charge is -2.31. The summed E-state index contributed by atoms with van der Waals surface area (Å²) in [5.74, 6) is 1.26. The first kappa shape index (κ1) is 15.6. The third kappa shape index (κ3) is 5.07. The molecule has 0 saturated carbocycles. The maximum absolute atomic E-state index is 12.2. The molecule has 1 N–H and O–H groups in total. The molecule has 0 spiro atoms. The molecule has 0 radical (unpaired) electrons. The molecule has 0 amide bonds. The van der Waals surface area contributed by atoms with Crippen molar-refractivity contribution >= 4 is 5.78 Å². The maximum atomic E-state index is 12.2. The molecule has 1 atom stereocenters.